The van der Waals surface area contributed by atoms with E-state index in [1.54, 1.807) is 12.1 Å². The molecule has 5 heteroatoms. The minimum absolute atomic E-state index is 0.170. The molecule has 4 nitrogen and oxygen atoms in total. The third-order valence-electron chi connectivity index (χ3n) is 3.14. The van der Waals surface area contributed by atoms with Gasteiger partial charge >= 0.3 is 0 Å². The Balaban J connectivity index is 2.11. The lowest BCUT2D eigenvalue weighted by Crippen LogP contribution is -2.24. The van der Waals surface area contributed by atoms with Crippen LogP contribution in [0.5, 0.6) is 0 Å². The zero-order chi connectivity index (χ0) is 15.4. The third-order valence-corrected chi connectivity index (χ3v) is 3.63. The highest BCUT2D eigenvalue weighted by molar-refractivity contribution is 9.10. The Morgan fingerprint density at radius 1 is 1.24 bits per heavy atom. The topological polar surface area (TPSA) is 58.4 Å². The lowest BCUT2D eigenvalue weighted by molar-refractivity contribution is 0.0952. The van der Waals surface area contributed by atoms with Crippen molar-refractivity contribution in [3.8, 4) is 0 Å². The van der Waals surface area contributed by atoms with Crippen LogP contribution in [0, 0.1) is 0 Å². The van der Waals surface area contributed by atoms with E-state index < -0.39 is 0 Å². The van der Waals surface area contributed by atoms with Crippen LogP contribution in [0.2, 0.25) is 0 Å². The molecule has 0 unspecified atom stereocenters. The van der Waals surface area contributed by atoms with Gasteiger partial charge in [0.05, 0.1) is 5.56 Å². The van der Waals surface area contributed by atoms with E-state index in [2.05, 4.69) is 21.2 Å². The quantitative estimate of drug-likeness (QED) is 0.835. The van der Waals surface area contributed by atoms with Crippen molar-refractivity contribution in [3.05, 3.63) is 58.1 Å². The molecule has 0 radical (unpaired) electrons. The Labute approximate surface area is 133 Å². The van der Waals surface area contributed by atoms with Gasteiger partial charge in [-0.25, -0.2) is 0 Å². The summed E-state index contributed by atoms with van der Waals surface area (Å²) in [6.45, 7) is 0.462. The summed E-state index contributed by atoms with van der Waals surface area (Å²) in [6.07, 6.45) is 0. The first-order valence-corrected chi connectivity index (χ1v) is 7.36. The van der Waals surface area contributed by atoms with Crippen LogP contribution in [0.25, 0.3) is 0 Å². The van der Waals surface area contributed by atoms with E-state index in [1.165, 1.54) is 0 Å². The van der Waals surface area contributed by atoms with Gasteiger partial charge < -0.3 is 16.0 Å². The zero-order valence-electron chi connectivity index (χ0n) is 12.1. The first-order chi connectivity index (χ1) is 9.97. The molecule has 0 aliphatic heterocycles. The molecule has 2 aromatic carbocycles. The van der Waals surface area contributed by atoms with Crippen molar-refractivity contribution in [3.63, 3.8) is 0 Å². The fraction of sp³-hybridized carbons (Fsp3) is 0.188. The minimum Gasteiger partial charge on any atom is -0.398 e. The smallest absolute Gasteiger partial charge is 0.253 e. The van der Waals surface area contributed by atoms with E-state index in [-0.39, 0.29) is 5.91 Å². The Hall–Kier alpha value is -2.01. The summed E-state index contributed by atoms with van der Waals surface area (Å²) in [4.78, 5) is 14.2. The van der Waals surface area contributed by atoms with E-state index in [4.69, 9.17) is 5.73 Å². The van der Waals surface area contributed by atoms with Gasteiger partial charge in [-0.3, -0.25) is 4.79 Å². The predicted octanol–water partition coefficient (Wildman–Crippen LogP) is 3.03. The molecule has 2 aromatic rings. The molecule has 21 heavy (non-hydrogen) atoms. The Morgan fingerprint density at radius 3 is 2.67 bits per heavy atom. The van der Waals surface area contributed by atoms with E-state index in [0.29, 0.717) is 17.8 Å². The molecule has 0 aromatic heterocycles. The molecule has 0 aliphatic rings. The van der Waals surface area contributed by atoms with Crippen molar-refractivity contribution in [1.29, 1.82) is 0 Å². The lowest BCUT2D eigenvalue weighted by atomic mass is 10.1. The van der Waals surface area contributed by atoms with Crippen LogP contribution < -0.4 is 16.0 Å². The van der Waals surface area contributed by atoms with Crippen LogP contribution in [0.3, 0.4) is 0 Å². The van der Waals surface area contributed by atoms with E-state index in [0.717, 1.165) is 15.7 Å². The molecule has 0 saturated heterocycles. The second-order valence-corrected chi connectivity index (χ2v) is 5.89. The zero-order valence-corrected chi connectivity index (χ0v) is 13.6. The first-order valence-electron chi connectivity index (χ1n) is 6.57. The maximum absolute atomic E-state index is 12.3. The van der Waals surface area contributed by atoms with Gasteiger partial charge in [0.25, 0.3) is 5.91 Å². The number of amides is 1. The highest BCUT2D eigenvalue weighted by Crippen LogP contribution is 2.20. The number of carbonyl (C=O) groups is 1. The molecule has 0 atom stereocenters. The number of nitrogens with two attached hydrogens (primary N) is 1. The molecule has 0 bridgehead atoms. The second-order valence-electron chi connectivity index (χ2n) is 4.98. The number of hydrogen-bond acceptors (Lipinski definition) is 3. The average Bonchev–Trinajstić information content (AvgIpc) is 2.45. The van der Waals surface area contributed by atoms with Crippen molar-refractivity contribution in [2.75, 3.05) is 24.7 Å². The van der Waals surface area contributed by atoms with Crippen LogP contribution in [0.4, 0.5) is 11.4 Å². The summed E-state index contributed by atoms with van der Waals surface area (Å²) in [5, 5.41) is 2.89. The standard InChI is InChI=1S/C16H18BrN3O/c1-20(2)13-6-7-15(18)14(9-13)16(21)19-10-11-4-3-5-12(17)8-11/h3-9H,10,18H2,1-2H3,(H,19,21). The first kappa shape index (κ1) is 15.4. The van der Waals surface area contributed by atoms with Crippen LogP contribution >= 0.6 is 15.9 Å². The third kappa shape index (κ3) is 3.98. The maximum Gasteiger partial charge on any atom is 0.253 e. The number of nitrogen functional groups attached to an aromatic ring is 1. The van der Waals surface area contributed by atoms with Gasteiger partial charge in [0.2, 0.25) is 0 Å². The van der Waals surface area contributed by atoms with Gasteiger partial charge in [-0.1, -0.05) is 28.1 Å². The Kier molecular flexibility index (Phi) is 4.85. The van der Waals surface area contributed by atoms with E-state index in [1.807, 2.05) is 49.3 Å². The van der Waals surface area contributed by atoms with Crippen molar-refractivity contribution >= 4 is 33.2 Å². The Bertz CT molecular complexity index is 656. The predicted molar refractivity (Wildman–Crippen MR) is 90.5 cm³/mol. The van der Waals surface area contributed by atoms with Gasteiger partial charge in [-0.2, -0.15) is 0 Å². The summed E-state index contributed by atoms with van der Waals surface area (Å²) in [6, 6.07) is 13.3. The molecule has 3 N–H and O–H groups in total. The number of hydrogen-bond donors (Lipinski definition) is 2. The van der Waals surface area contributed by atoms with Crippen molar-refractivity contribution in [1.82, 2.24) is 5.32 Å². The molecule has 0 aliphatic carbocycles. The summed E-state index contributed by atoms with van der Waals surface area (Å²) >= 11 is 3.41. The van der Waals surface area contributed by atoms with Crippen LogP contribution in [-0.2, 0) is 6.54 Å². The molecule has 2 rings (SSSR count). The van der Waals surface area contributed by atoms with Crippen molar-refractivity contribution in [2.24, 2.45) is 0 Å². The summed E-state index contributed by atoms with van der Waals surface area (Å²) in [7, 11) is 3.85. The number of rotatable bonds is 4. The van der Waals surface area contributed by atoms with Gasteiger partial charge in [0.1, 0.15) is 0 Å². The molecular formula is C16H18BrN3O. The highest BCUT2D eigenvalue weighted by Gasteiger charge is 2.11. The maximum atomic E-state index is 12.3. The number of benzene rings is 2. The molecule has 0 heterocycles. The highest BCUT2D eigenvalue weighted by atomic mass is 79.9. The number of halogens is 1. The summed E-state index contributed by atoms with van der Waals surface area (Å²) < 4.78 is 0.989. The number of anilines is 2. The fourth-order valence-electron chi connectivity index (χ4n) is 1.94. The monoisotopic (exact) mass is 347 g/mol. The van der Waals surface area contributed by atoms with Gasteiger partial charge in [-0.15, -0.1) is 0 Å². The average molecular weight is 348 g/mol. The number of carbonyl (C=O) groups excluding carboxylic acids is 1. The Morgan fingerprint density at radius 2 is 2.00 bits per heavy atom. The van der Waals surface area contributed by atoms with E-state index >= 15 is 0 Å². The summed E-state index contributed by atoms with van der Waals surface area (Å²) in [5.74, 6) is -0.170. The largest absolute Gasteiger partial charge is 0.398 e. The molecule has 0 fully saturated rings. The van der Waals surface area contributed by atoms with E-state index in [9.17, 15) is 4.79 Å². The van der Waals surface area contributed by atoms with Gasteiger partial charge in [-0.05, 0) is 35.9 Å². The van der Waals surface area contributed by atoms with Crippen LogP contribution in [0.15, 0.2) is 46.9 Å². The van der Waals surface area contributed by atoms with Crippen molar-refractivity contribution < 1.29 is 4.79 Å². The van der Waals surface area contributed by atoms with Crippen LogP contribution in [-0.4, -0.2) is 20.0 Å². The molecule has 0 spiro atoms. The van der Waals surface area contributed by atoms with Gasteiger partial charge in [0.15, 0.2) is 0 Å². The number of nitrogens with zero attached hydrogens (tertiary/aromatic N) is 1. The SMILES string of the molecule is CN(C)c1ccc(N)c(C(=O)NCc2cccc(Br)c2)c1. The molecule has 1 amide bonds. The molecular weight excluding hydrogens is 330 g/mol. The van der Waals surface area contributed by atoms with Crippen LogP contribution in [0.1, 0.15) is 15.9 Å². The molecule has 110 valence electrons. The fourth-order valence-corrected chi connectivity index (χ4v) is 2.39. The lowest BCUT2D eigenvalue weighted by Gasteiger charge is -2.15. The second kappa shape index (κ2) is 6.63. The molecule has 0 saturated carbocycles. The summed E-state index contributed by atoms with van der Waals surface area (Å²) in [5.41, 5.74) is 8.84. The van der Waals surface area contributed by atoms with Gasteiger partial charge in [0, 0.05) is 36.5 Å². The van der Waals surface area contributed by atoms with Crippen molar-refractivity contribution in [2.45, 2.75) is 6.54 Å². The number of nitrogens with one attached hydrogen (secondary N) is 1. The minimum atomic E-state index is -0.170. The normalized spacial score (nSPS) is 10.2.